The Balaban J connectivity index is 1.78. The minimum atomic E-state index is 0.170. The summed E-state index contributed by atoms with van der Waals surface area (Å²) >= 11 is 1.62. The zero-order chi connectivity index (χ0) is 14.8. The molecule has 1 aliphatic rings. The number of amides is 1. The maximum atomic E-state index is 12.5. The summed E-state index contributed by atoms with van der Waals surface area (Å²) in [4.78, 5) is 14.4. The molecule has 0 unspecified atom stereocenters. The van der Waals surface area contributed by atoms with Gasteiger partial charge in [0.25, 0.3) is 0 Å². The Hall–Kier alpha value is -1.66. The first-order valence-corrected chi connectivity index (χ1v) is 7.92. The minimum Gasteiger partial charge on any atom is -0.384 e. The molecule has 0 saturated carbocycles. The number of aromatic nitrogens is 2. The van der Waals surface area contributed by atoms with Crippen molar-refractivity contribution >= 4 is 17.2 Å². The third-order valence-corrected chi connectivity index (χ3v) is 4.64. The van der Waals surface area contributed by atoms with Gasteiger partial charge in [-0.25, -0.2) is 0 Å². The van der Waals surface area contributed by atoms with Crippen molar-refractivity contribution in [1.82, 2.24) is 14.7 Å². The van der Waals surface area contributed by atoms with Crippen molar-refractivity contribution in [2.24, 2.45) is 7.05 Å². The second-order valence-corrected chi connectivity index (χ2v) is 6.19. The van der Waals surface area contributed by atoms with Gasteiger partial charge in [0.05, 0.1) is 24.9 Å². The van der Waals surface area contributed by atoms with Crippen molar-refractivity contribution in [1.29, 1.82) is 0 Å². The summed E-state index contributed by atoms with van der Waals surface area (Å²) in [6.07, 6.45) is 2.33. The average Bonchev–Trinajstić information content (AvgIpc) is 3.09. The molecule has 0 fully saturated rings. The van der Waals surface area contributed by atoms with Crippen LogP contribution < -0.4 is 0 Å². The van der Waals surface area contributed by atoms with Gasteiger partial charge in [0, 0.05) is 38.7 Å². The largest absolute Gasteiger partial charge is 0.384 e. The van der Waals surface area contributed by atoms with Crippen LogP contribution in [0.3, 0.4) is 0 Å². The fraction of sp³-hybridized carbons (Fsp3) is 0.467. The van der Waals surface area contributed by atoms with E-state index < -0.39 is 0 Å². The summed E-state index contributed by atoms with van der Waals surface area (Å²) in [5, 5.41) is 8.36. The molecule has 0 radical (unpaired) electrons. The first-order valence-electron chi connectivity index (χ1n) is 6.97. The second-order valence-electron chi connectivity index (χ2n) is 5.41. The number of hydrogen-bond acceptors (Lipinski definition) is 4. The highest BCUT2D eigenvalue weighted by Crippen LogP contribution is 2.28. The third-order valence-electron chi connectivity index (χ3n) is 3.91. The number of hydrogen-bond donors (Lipinski definition) is 0. The summed E-state index contributed by atoms with van der Waals surface area (Å²) in [6.45, 7) is 1.95. The molecule has 112 valence electrons. The quantitative estimate of drug-likeness (QED) is 0.865. The van der Waals surface area contributed by atoms with Crippen LogP contribution in [0.5, 0.6) is 0 Å². The Labute approximate surface area is 128 Å². The van der Waals surface area contributed by atoms with E-state index in [9.17, 15) is 4.79 Å². The lowest BCUT2D eigenvalue weighted by molar-refractivity contribution is -0.132. The molecule has 3 rings (SSSR count). The Morgan fingerprint density at radius 1 is 1.57 bits per heavy atom. The van der Waals surface area contributed by atoms with E-state index in [4.69, 9.17) is 4.74 Å². The van der Waals surface area contributed by atoms with Gasteiger partial charge in [-0.2, -0.15) is 16.4 Å². The maximum Gasteiger partial charge on any atom is 0.227 e. The van der Waals surface area contributed by atoms with Gasteiger partial charge in [-0.05, 0) is 22.4 Å². The smallest absolute Gasteiger partial charge is 0.227 e. The van der Waals surface area contributed by atoms with Crippen LogP contribution in [0.1, 0.15) is 22.7 Å². The first kappa shape index (κ1) is 14.3. The van der Waals surface area contributed by atoms with Crippen molar-refractivity contribution in [3.63, 3.8) is 0 Å². The second kappa shape index (κ2) is 5.99. The number of carbonyl (C=O) groups excluding carboxylic acids is 1. The molecule has 0 N–H and O–H groups in total. The molecule has 0 saturated heterocycles. The zero-order valence-electron chi connectivity index (χ0n) is 12.3. The van der Waals surface area contributed by atoms with E-state index in [0.717, 1.165) is 11.1 Å². The van der Waals surface area contributed by atoms with E-state index in [1.54, 1.807) is 18.4 Å². The van der Waals surface area contributed by atoms with Gasteiger partial charge < -0.3 is 9.64 Å². The minimum absolute atomic E-state index is 0.170. The van der Waals surface area contributed by atoms with E-state index >= 15 is 0 Å². The van der Waals surface area contributed by atoms with E-state index in [1.807, 2.05) is 39.7 Å². The molecule has 2 aromatic rings. The predicted molar refractivity (Wildman–Crippen MR) is 81.3 cm³/mol. The third kappa shape index (κ3) is 2.87. The highest BCUT2D eigenvalue weighted by Gasteiger charge is 2.30. The number of carbonyl (C=O) groups is 1. The van der Waals surface area contributed by atoms with Crippen molar-refractivity contribution in [3.8, 4) is 0 Å². The topological polar surface area (TPSA) is 47.4 Å². The number of aryl methyl sites for hydroxylation is 1. The molecule has 1 atom stereocenters. The number of thiophene rings is 1. The van der Waals surface area contributed by atoms with Crippen LogP contribution in [0.2, 0.25) is 0 Å². The number of fused-ring (bicyclic) bond motifs is 1. The molecule has 0 aromatic carbocycles. The summed E-state index contributed by atoms with van der Waals surface area (Å²) < 4.78 is 7.22. The van der Waals surface area contributed by atoms with Gasteiger partial charge in [-0.1, -0.05) is 0 Å². The SMILES string of the molecule is COC[C@H]1CN(C(=O)Cc2ccsc2)Cc2cnn(C)c21. The average molecular weight is 305 g/mol. The summed E-state index contributed by atoms with van der Waals surface area (Å²) in [5.74, 6) is 0.363. The molecule has 2 aromatic heterocycles. The molecule has 21 heavy (non-hydrogen) atoms. The number of ether oxygens (including phenoxy) is 1. The monoisotopic (exact) mass is 305 g/mol. The highest BCUT2D eigenvalue weighted by atomic mass is 32.1. The molecular weight excluding hydrogens is 286 g/mol. The number of methoxy groups -OCH3 is 1. The van der Waals surface area contributed by atoms with Crippen molar-refractivity contribution in [3.05, 3.63) is 39.8 Å². The van der Waals surface area contributed by atoms with Crippen LogP contribution in [0.15, 0.2) is 23.0 Å². The van der Waals surface area contributed by atoms with E-state index in [1.165, 1.54) is 5.69 Å². The molecule has 1 aliphatic heterocycles. The van der Waals surface area contributed by atoms with Crippen LogP contribution in [-0.2, 0) is 29.5 Å². The Kier molecular flexibility index (Phi) is 4.07. The molecule has 5 nitrogen and oxygen atoms in total. The van der Waals surface area contributed by atoms with E-state index in [2.05, 4.69) is 5.10 Å². The Bertz CT molecular complexity index is 621. The van der Waals surface area contributed by atoms with Crippen LogP contribution in [0.4, 0.5) is 0 Å². The molecule has 0 aliphatic carbocycles. The normalized spacial score (nSPS) is 17.8. The summed E-state index contributed by atoms with van der Waals surface area (Å²) in [7, 11) is 3.65. The van der Waals surface area contributed by atoms with Gasteiger partial charge in [0.15, 0.2) is 0 Å². The maximum absolute atomic E-state index is 12.5. The Morgan fingerprint density at radius 2 is 2.43 bits per heavy atom. The molecule has 0 bridgehead atoms. The van der Waals surface area contributed by atoms with Crippen LogP contribution in [-0.4, -0.2) is 40.8 Å². The first-order chi connectivity index (χ1) is 10.2. The Morgan fingerprint density at radius 3 is 3.14 bits per heavy atom. The van der Waals surface area contributed by atoms with Gasteiger partial charge >= 0.3 is 0 Å². The molecule has 3 heterocycles. The lowest BCUT2D eigenvalue weighted by atomic mass is 9.96. The zero-order valence-corrected chi connectivity index (χ0v) is 13.1. The van der Waals surface area contributed by atoms with Crippen molar-refractivity contribution < 1.29 is 9.53 Å². The predicted octanol–water partition coefficient (Wildman–Crippen LogP) is 1.80. The standard InChI is InChI=1S/C15H19N3O2S/c1-17-15-12(6-16-17)7-18(8-13(15)9-20-2)14(19)5-11-3-4-21-10-11/h3-4,6,10,13H,5,7-9H2,1-2H3/t13-/m1/s1. The highest BCUT2D eigenvalue weighted by molar-refractivity contribution is 7.07. The van der Waals surface area contributed by atoms with Crippen molar-refractivity contribution in [2.75, 3.05) is 20.3 Å². The molecule has 1 amide bonds. The van der Waals surface area contributed by atoms with Gasteiger partial charge in [-0.15, -0.1) is 0 Å². The van der Waals surface area contributed by atoms with Crippen molar-refractivity contribution in [2.45, 2.75) is 18.9 Å². The van der Waals surface area contributed by atoms with E-state index in [0.29, 0.717) is 26.1 Å². The number of nitrogens with zero attached hydrogens (tertiary/aromatic N) is 3. The van der Waals surface area contributed by atoms with Gasteiger partial charge in [-0.3, -0.25) is 9.48 Å². The van der Waals surface area contributed by atoms with E-state index in [-0.39, 0.29) is 11.8 Å². The van der Waals surface area contributed by atoms with Gasteiger partial charge in [0.1, 0.15) is 0 Å². The van der Waals surface area contributed by atoms with Crippen LogP contribution in [0, 0.1) is 0 Å². The van der Waals surface area contributed by atoms with Crippen LogP contribution in [0.25, 0.3) is 0 Å². The van der Waals surface area contributed by atoms with Crippen LogP contribution >= 0.6 is 11.3 Å². The fourth-order valence-electron chi connectivity index (χ4n) is 2.97. The fourth-order valence-corrected chi connectivity index (χ4v) is 3.63. The molecule has 0 spiro atoms. The summed E-state index contributed by atoms with van der Waals surface area (Å²) in [6, 6.07) is 2.01. The lowest BCUT2D eigenvalue weighted by Crippen LogP contribution is -2.40. The molecule has 6 heteroatoms. The lowest BCUT2D eigenvalue weighted by Gasteiger charge is -2.33. The molecular formula is C15H19N3O2S. The number of rotatable bonds is 4. The summed E-state index contributed by atoms with van der Waals surface area (Å²) in [5.41, 5.74) is 3.41. The van der Waals surface area contributed by atoms with Gasteiger partial charge in [0.2, 0.25) is 5.91 Å².